The molecule has 0 fully saturated rings. The largest absolute Gasteiger partial charge is 0.494 e. The number of alkyl halides is 3. The van der Waals surface area contributed by atoms with Gasteiger partial charge in [0.2, 0.25) is 0 Å². The Morgan fingerprint density at radius 1 is 1.24 bits per heavy atom. The first-order valence-corrected chi connectivity index (χ1v) is 6.55. The molecule has 0 bridgehead atoms. The van der Waals surface area contributed by atoms with Crippen molar-refractivity contribution in [2.24, 2.45) is 5.16 Å². The maximum Gasteiger partial charge on any atom is 0.389 e. The van der Waals surface area contributed by atoms with Gasteiger partial charge in [-0.2, -0.15) is 13.2 Å². The van der Waals surface area contributed by atoms with E-state index >= 15 is 0 Å². The molecule has 0 saturated heterocycles. The third kappa shape index (κ3) is 6.99. The summed E-state index contributed by atoms with van der Waals surface area (Å²) in [6.07, 6.45) is -5.10. The molecular formula is C14H18F3NO3. The molecule has 7 heteroatoms. The Morgan fingerprint density at radius 3 is 2.43 bits per heavy atom. The number of rotatable bonds is 8. The molecule has 0 radical (unpaired) electrons. The fourth-order valence-corrected chi connectivity index (χ4v) is 1.57. The van der Waals surface area contributed by atoms with Crippen LogP contribution >= 0.6 is 0 Å². The Morgan fingerprint density at radius 2 is 1.90 bits per heavy atom. The van der Waals surface area contributed by atoms with Crippen molar-refractivity contribution in [1.82, 2.24) is 0 Å². The topological polar surface area (TPSA) is 51.0 Å². The lowest BCUT2D eigenvalue weighted by Crippen LogP contribution is -2.11. The fraction of sp³-hybridized carbons (Fsp3) is 0.500. The van der Waals surface area contributed by atoms with Crippen LogP contribution in [0.15, 0.2) is 29.4 Å². The van der Waals surface area contributed by atoms with Gasteiger partial charge >= 0.3 is 6.18 Å². The average Bonchev–Trinajstić information content (AvgIpc) is 2.45. The van der Waals surface area contributed by atoms with Gasteiger partial charge in [-0.1, -0.05) is 5.16 Å². The number of ether oxygens (including phenoxy) is 2. The van der Waals surface area contributed by atoms with Crippen LogP contribution in [0.25, 0.3) is 0 Å². The maximum atomic E-state index is 12.0. The van der Waals surface area contributed by atoms with E-state index in [2.05, 4.69) is 5.16 Å². The van der Waals surface area contributed by atoms with E-state index in [1.54, 1.807) is 24.3 Å². The predicted molar refractivity (Wildman–Crippen MR) is 72.0 cm³/mol. The summed E-state index contributed by atoms with van der Waals surface area (Å²) in [5, 5.41) is 12.0. The monoisotopic (exact) mass is 305 g/mol. The lowest BCUT2D eigenvalue weighted by atomic mass is 10.1. The summed E-state index contributed by atoms with van der Waals surface area (Å²) >= 11 is 0. The van der Waals surface area contributed by atoms with Crippen molar-refractivity contribution in [3.63, 3.8) is 0 Å². The highest BCUT2D eigenvalue weighted by Gasteiger charge is 2.26. The third-order valence-corrected chi connectivity index (χ3v) is 2.62. The second-order valence-electron chi connectivity index (χ2n) is 4.28. The highest BCUT2D eigenvalue weighted by atomic mass is 19.4. The fourth-order valence-electron chi connectivity index (χ4n) is 1.57. The molecule has 1 N–H and O–H groups in total. The van der Waals surface area contributed by atoms with E-state index < -0.39 is 12.6 Å². The van der Waals surface area contributed by atoms with Crippen molar-refractivity contribution in [2.45, 2.75) is 25.9 Å². The Hall–Kier alpha value is -1.76. The number of halogens is 3. The molecule has 0 spiro atoms. The van der Waals surface area contributed by atoms with Gasteiger partial charge < -0.3 is 14.7 Å². The Balaban J connectivity index is 2.46. The van der Waals surface area contributed by atoms with Crippen LogP contribution < -0.4 is 4.74 Å². The first-order valence-electron chi connectivity index (χ1n) is 6.55. The van der Waals surface area contributed by atoms with Crippen LogP contribution in [0.1, 0.15) is 25.3 Å². The maximum absolute atomic E-state index is 12.0. The Kier molecular flexibility index (Phi) is 7.01. The summed E-state index contributed by atoms with van der Waals surface area (Å²) in [5.74, 6) is 0.467. The zero-order chi connectivity index (χ0) is 15.7. The van der Waals surface area contributed by atoms with Crippen molar-refractivity contribution >= 4 is 5.71 Å². The van der Waals surface area contributed by atoms with Gasteiger partial charge in [-0.3, -0.25) is 0 Å². The summed E-state index contributed by atoms with van der Waals surface area (Å²) in [6, 6.07) is 6.54. The zero-order valence-electron chi connectivity index (χ0n) is 11.7. The number of benzene rings is 1. The van der Waals surface area contributed by atoms with Crippen molar-refractivity contribution in [3.8, 4) is 5.75 Å². The highest BCUT2D eigenvalue weighted by Crippen LogP contribution is 2.21. The van der Waals surface area contributed by atoms with Gasteiger partial charge in [0.1, 0.15) is 11.5 Å². The number of hydrogen-bond donors (Lipinski definition) is 1. The van der Waals surface area contributed by atoms with Crippen molar-refractivity contribution in [3.05, 3.63) is 29.8 Å². The van der Waals surface area contributed by atoms with E-state index in [-0.39, 0.29) is 19.6 Å². The molecule has 1 aromatic carbocycles. The molecule has 0 aromatic heterocycles. The van der Waals surface area contributed by atoms with Crippen molar-refractivity contribution in [2.75, 3.05) is 19.8 Å². The summed E-state index contributed by atoms with van der Waals surface area (Å²) < 4.78 is 46.3. The van der Waals surface area contributed by atoms with E-state index in [0.717, 1.165) is 0 Å². The molecule has 0 atom stereocenters. The molecule has 21 heavy (non-hydrogen) atoms. The normalized spacial score (nSPS) is 12.5. The summed E-state index contributed by atoms with van der Waals surface area (Å²) in [4.78, 5) is 0. The highest BCUT2D eigenvalue weighted by molar-refractivity contribution is 6.01. The average molecular weight is 305 g/mol. The smallest absolute Gasteiger partial charge is 0.389 e. The quantitative estimate of drug-likeness (QED) is 0.345. The first kappa shape index (κ1) is 17.3. The molecule has 118 valence electrons. The van der Waals surface area contributed by atoms with Crippen LogP contribution in [0.2, 0.25) is 0 Å². The third-order valence-electron chi connectivity index (χ3n) is 2.62. The molecule has 0 aliphatic heterocycles. The zero-order valence-corrected chi connectivity index (χ0v) is 11.7. The molecule has 0 amide bonds. The van der Waals surface area contributed by atoms with Crippen LogP contribution in [0.3, 0.4) is 0 Å². The summed E-state index contributed by atoms with van der Waals surface area (Å²) in [6.45, 7) is 2.50. The standard InChI is InChI=1S/C14H18F3NO3/c1-2-20-10-13(18-19)11-4-6-12(7-5-11)21-9-3-8-14(15,16)17/h4-7,19H,2-3,8-10H2,1H3/b18-13+. The van der Waals surface area contributed by atoms with Crippen LogP contribution in [-0.2, 0) is 4.74 Å². The van der Waals surface area contributed by atoms with E-state index in [4.69, 9.17) is 14.7 Å². The van der Waals surface area contributed by atoms with E-state index in [1.165, 1.54) is 0 Å². The predicted octanol–water partition coefficient (Wildman–Crippen LogP) is 3.62. The molecule has 4 nitrogen and oxygen atoms in total. The molecule has 0 aliphatic rings. The summed E-state index contributed by atoms with van der Waals surface area (Å²) in [7, 11) is 0. The second-order valence-corrected chi connectivity index (χ2v) is 4.28. The molecule has 0 unspecified atom stereocenters. The van der Waals surface area contributed by atoms with Crippen LogP contribution in [0, 0.1) is 0 Å². The molecule has 0 aliphatic carbocycles. The van der Waals surface area contributed by atoms with Gasteiger partial charge in [-0.15, -0.1) is 0 Å². The number of nitrogens with zero attached hydrogens (tertiary/aromatic N) is 1. The van der Waals surface area contributed by atoms with E-state index in [9.17, 15) is 13.2 Å². The molecule has 1 aromatic rings. The lowest BCUT2D eigenvalue weighted by molar-refractivity contribution is -0.136. The Labute approximate surface area is 121 Å². The SMILES string of the molecule is CCOC/C(=N\O)c1ccc(OCCCC(F)(F)F)cc1. The van der Waals surface area contributed by atoms with Crippen molar-refractivity contribution in [1.29, 1.82) is 0 Å². The van der Waals surface area contributed by atoms with E-state index in [1.807, 2.05) is 6.92 Å². The van der Waals surface area contributed by atoms with Gasteiger partial charge in [0, 0.05) is 18.6 Å². The van der Waals surface area contributed by atoms with Gasteiger partial charge in [0.05, 0.1) is 13.2 Å². The van der Waals surface area contributed by atoms with Crippen LogP contribution in [0.5, 0.6) is 5.75 Å². The first-order chi connectivity index (χ1) is 9.96. The minimum Gasteiger partial charge on any atom is -0.494 e. The van der Waals surface area contributed by atoms with Crippen LogP contribution in [0.4, 0.5) is 13.2 Å². The molecular weight excluding hydrogens is 287 g/mol. The minimum atomic E-state index is -4.15. The van der Waals surface area contributed by atoms with Gasteiger partial charge in [0.15, 0.2) is 0 Å². The molecule has 1 rings (SSSR count). The van der Waals surface area contributed by atoms with Gasteiger partial charge in [-0.25, -0.2) is 0 Å². The summed E-state index contributed by atoms with van der Waals surface area (Å²) in [5.41, 5.74) is 1.04. The number of hydrogen-bond acceptors (Lipinski definition) is 4. The van der Waals surface area contributed by atoms with Gasteiger partial charge in [0.25, 0.3) is 0 Å². The lowest BCUT2D eigenvalue weighted by Gasteiger charge is -2.09. The van der Waals surface area contributed by atoms with Gasteiger partial charge in [-0.05, 0) is 37.6 Å². The minimum absolute atomic E-state index is 0.00124. The second kappa shape index (κ2) is 8.51. The van der Waals surface area contributed by atoms with E-state index in [0.29, 0.717) is 23.6 Å². The number of oxime groups is 1. The molecule has 0 heterocycles. The Bertz CT molecular complexity index is 444. The van der Waals surface area contributed by atoms with Crippen molar-refractivity contribution < 1.29 is 27.9 Å². The molecule has 0 saturated carbocycles. The van der Waals surface area contributed by atoms with Crippen LogP contribution in [-0.4, -0.2) is 36.9 Å².